The van der Waals surface area contributed by atoms with Crippen molar-refractivity contribution < 1.29 is 12.8 Å². The molecule has 0 saturated heterocycles. The Balaban J connectivity index is 2.24. The van der Waals surface area contributed by atoms with Crippen molar-refractivity contribution in [1.82, 2.24) is 9.97 Å². The highest BCUT2D eigenvalue weighted by atomic mass is 32.2. The Morgan fingerprint density at radius 1 is 1.33 bits per heavy atom. The van der Waals surface area contributed by atoms with Gasteiger partial charge in [0, 0.05) is 12.1 Å². The second-order valence-electron chi connectivity index (χ2n) is 3.66. The van der Waals surface area contributed by atoms with Crippen molar-refractivity contribution in [2.24, 2.45) is 0 Å². The SMILES string of the molecule is CCc1ncc(S(=O)(=O)Nc2ccc(F)cc2)[nH]1. The lowest BCUT2D eigenvalue weighted by atomic mass is 10.3. The van der Waals surface area contributed by atoms with E-state index in [1.807, 2.05) is 6.92 Å². The normalized spacial score (nSPS) is 11.4. The minimum atomic E-state index is -3.71. The first-order valence-corrected chi connectivity index (χ1v) is 6.82. The molecule has 0 radical (unpaired) electrons. The number of anilines is 1. The molecule has 0 aliphatic carbocycles. The number of benzene rings is 1. The molecule has 7 heteroatoms. The second kappa shape index (κ2) is 4.77. The highest BCUT2D eigenvalue weighted by Crippen LogP contribution is 2.15. The van der Waals surface area contributed by atoms with Gasteiger partial charge in [-0.3, -0.25) is 4.72 Å². The average molecular weight is 269 g/mol. The maximum Gasteiger partial charge on any atom is 0.278 e. The first-order chi connectivity index (χ1) is 8.51. The van der Waals surface area contributed by atoms with E-state index in [9.17, 15) is 12.8 Å². The van der Waals surface area contributed by atoms with Crippen molar-refractivity contribution in [3.05, 3.63) is 42.1 Å². The van der Waals surface area contributed by atoms with Gasteiger partial charge in [0.15, 0.2) is 5.03 Å². The number of aromatic nitrogens is 2. The summed E-state index contributed by atoms with van der Waals surface area (Å²) in [6.45, 7) is 1.86. The molecule has 0 saturated carbocycles. The van der Waals surface area contributed by atoms with Gasteiger partial charge in [-0.25, -0.2) is 9.37 Å². The third-order valence-corrected chi connectivity index (χ3v) is 3.62. The summed E-state index contributed by atoms with van der Waals surface area (Å²) in [7, 11) is -3.71. The van der Waals surface area contributed by atoms with Crippen LogP contribution in [0.5, 0.6) is 0 Å². The van der Waals surface area contributed by atoms with E-state index in [0.29, 0.717) is 17.9 Å². The van der Waals surface area contributed by atoms with Crippen LogP contribution in [0.2, 0.25) is 0 Å². The first kappa shape index (κ1) is 12.6. The summed E-state index contributed by atoms with van der Waals surface area (Å²) in [6.07, 6.45) is 1.87. The van der Waals surface area contributed by atoms with E-state index in [1.54, 1.807) is 0 Å². The monoisotopic (exact) mass is 269 g/mol. The predicted octanol–water partition coefficient (Wildman–Crippen LogP) is 1.91. The number of rotatable bonds is 4. The molecule has 0 spiro atoms. The summed E-state index contributed by atoms with van der Waals surface area (Å²) < 4.78 is 38.9. The van der Waals surface area contributed by atoms with Gasteiger partial charge in [-0.2, -0.15) is 8.42 Å². The number of nitrogens with zero attached hydrogens (tertiary/aromatic N) is 1. The number of hydrogen-bond acceptors (Lipinski definition) is 3. The number of aromatic amines is 1. The largest absolute Gasteiger partial charge is 0.332 e. The van der Waals surface area contributed by atoms with Crippen LogP contribution in [0.15, 0.2) is 35.5 Å². The van der Waals surface area contributed by atoms with Crippen LogP contribution >= 0.6 is 0 Å². The molecule has 0 fully saturated rings. The molecule has 0 unspecified atom stereocenters. The van der Waals surface area contributed by atoms with Gasteiger partial charge >= 0.3 is 0 Å². The Morgan fingerprint density at radius 2 is 2.00 bits per heavy atom. The fourth-order valence-electron chi connectivity index (χ4n) is 1.39. The molecule has 0 atom stereocenters. The lowest BCUT2D eigenvalue weighted by Crippen LogP contribution is -2.13. The number of hydrogen-bond donors (Lipinski definition) is 2. The van der Waals surface area contributed by atoms with Crippen molar-refractivity contribution in [3.63, 3.8) is 0 Å². The number of nitrogens with one attached hydrogen (secondary N) is 2. The third kappa shape index (κ3) is 2.67. The minimum absolute atomic E-state index is 0.0105. The summed E-state index contributed by atoms with van der Waals surface area (Å²) in [4.78, 5) is 6.62. The highest BCUT2D eigenvalue weighted by molar-refractivity contribution is 7.92. The number of halogens is 1. The van der Waals surface area contributed by atoms with Crippen LogP contribution in [0.1, 0.15) is 12.7 Å². The van der Waals surface area contributed by atoms with Gasteiger partial charge < -0.3 is 4.98 Å². The molecule has 2 aromatic rings. The predicted molar refractivity (Wildman–Crippen MR) is 65.2 cm³/mol. The minimum Gasteiger partial charge on any atom is -0.332 e. The maximum absolute atomic E-state index is 12.7. The fourth-order valence-corrected chi connectivity index (χ4v) is 2.39. The average Bonchev–Trinajstić information content (AvgIpc) is 2.81. The Morgan fingerprint density at radius 3 is 2.56 bits per heavy atom. The molecule has 1 aromatic carbocycles. The molecule has 2 N–H and O–H groups in total. The van der Waals surface area contributed by atoms with Crippen LogP contribution < -0.4 is 4.72 Å². The van der Waals surface area contributed by atoms with Crippen LogP contribution in [0, 0.1) is 5.82 Å². The van der Waals surface area contributed by atoms with Crippen LogP contribution in [0.25, 0.3) is 0 Å². The van der Waals surface area contributed by atoms with Crippen molar-refractivity contribution in [2.45, 2.75) is 18.4 Å². The molecule has 2 rings (SSSR count). The molecule has 0 aliphatic rings. The Labute approximate surface area is 104 Å². The van der Waals surface area contributed by atoms with Crippen molar-refractivity contribution in [3.8, 4) is 0 Å². The third-order valence-electron chi connectivity index (χ3n) is 2.33. The first-order valence-electron chi connectivity index (χ1n) is 5.33. The van der Waals surface area contributed by atoms with E-state index in [0.717, 1.165) is 0 Å². The summed E-state index contributed by atoms with van der Waals surface area (Å²) in [5, 5.41) is -0.0105. The molecule has 18 heavy (non-hydrogen) atoms. The summed E-state index contributed by atoms with van der Waals surface area (Å²) in [6, 6.07) is 5.07. The molecule has 0 aliphatic heterocycles. The highest BCUT2D eigenvalue weighted by Gasteiger charge is 2.16. The lowest BCUT2D eigenvalue weighted by molar-refractivity contribution is 0.597. The van der Waals surface area contributed by atoms with Gasteiger partial charge in [0.25, 0.3) is 10.0 Å². The zero-order chi connectivity index (χ0) is 13.2. The van der Waals surface area contributed by atoms with Crippen LogP contribution in [0.4, 0.5) is 10.1 Å². The molecular formula is C11H12FN3O2S. The van der Waals surface area contributed by atoms with E-state index in [-0.39, 0.29) is 5.03 Å². The van der Waals surface area contributed by atoms with Gasteiger partial charge in [-0.1, -0.05) is 6.92 Å². The number of aryl methyl sites for hydroxylation is 1. The topological polar surface area (TPSA) is 74.8 Å². The van der Waals surface area contributed by atoms with Gasteiger partial charge in [0.2, 0.25) is 0 Å². The standard InChI is InChI=1S/C11H12FN3O2S/c1-2-10-13-7-11(14-10)18(16,17)15-9-5-3-8(12)4-6-9/h3-7,15H,2H2,1H3,(H,13,14). The van der Waals surface area contributed by atoms with Crippen LogP contribution in [-0.4, -0.2) is 18.4 Å². The summed E-state index contributed by atoms with van der Waals surface area (Å²) in [5.41, 5.74) is 0.295. The Hall–Kier alpha value is -1.89. The second-order valence-corrected chi connectivity index (χ2v) is 5.31. The fraction of sp³-hybridized carbons (Fsp3) is 0.182. The van der Waals surface area contributed by atoms with E-state index in [2.05, 4.69) is 14.7 Å². The van der Waals surface area contributed by atoms with Crippen LogP contribution in [0.3, 0.4) is 0 Å². The van der Waals surface area contributed by atoms with Crippen LogP contribution in [-0.2, 0) is 16.4 Å². The summed E-state index contributed by atoms with van der Waals surface area (Å²) >= 11 is 0. The Kier molecular flexibility index (Phi) is 3.33. The number of sulfonamides is 1. The van der Waals surface area contributed by atoms with E-state index >= 15 is 0 Å². The number of imidazole rings is 1. The zero-order valence-electron chi connectivity index (χ0n) is 9.64. The number of H-pyrrole nitrogens is 1. The molecule has 1 heterocycles. The van der Waals surface area contributed by atoms with E-state index < -0.39 is 15.8 Å². The molecule has 1 aromatic heterocycles. The summed E-state index contributed by atoms with van der Waals surface area (Å²) in [5.74, 6) is 0.169. The smallest absolute Gasteiger partial charge is 0.278 e. The maximum atomic E-state index is 12.7. The van der Waals surface area contributed by atoms with Gasteiger partial charge in [-0.15, -0.1) is 0 Å². The molecule has 0 amide bonds. The van der Waals surface area contributed by atoms with Gasteiger partial charge in [0.1, 0.15) is 11.6 Å². The van der Waals surface area contributed by atoms with Crippen molar-refractivity contribution >= 4 is 15.7 Å². The van der Waals surface area contributed by atoms with E-state index in [1.165, 1.54) is 30.5 Å². The molecule has 96 valence electrons. The quantitative estimate of drug-likeness (QED) is 0.890. The zero-order valence-corrected chi connectivity index (χ0v) is 10.5. The van der Waals surface area contributed by atoms with E-state index in [4.69, 9.17) is 0 Å². The Bertz CT molecular complexity index is 635. The van der Waals surface area contributed by atoms with Gasteiger partial charge in [-0.05, 0) is 24.3 Å². The lowest BCUT2D eigenvalue weighted by Gasteiger charge is -2.05. The van der Waals surface area contributed by atoms with Crippen molar-refractivity contribution in [1.29, 1.82) is 0 Å². The van der Waals surface area contributed by atoms with Gasteiger partial charge in [0.05, 0.1) is 6.20 Å². The van der Waals surface area contributed by atoms with Crippen molar-refractivity contribution in [2.75, 3.05) is 4.72 Å². The molecule has 5 nitrogen and oxygen atoms in total. The molecule has 0 bridgehead atoms. The molecular weight excluding hydrogens is 257 g/mol.